The van der Waals surface area contributed by atoms with Crippen molar-refractivity contribution in [3.63, 3.8) is 0 Å². The Labute approximate surface area is 175 Å². The van der Waals surface area contributed by atoms with Crippen LogP contribution in [-0.2, 0) is 10.0 Å². The van der Waals surface area contributed by atoms with E-state index in [2.05, 4.69) is 20.4 Å². The van der Waals surface area contributed by atoms with Crippen LogP contribution in [0.2, 0.25) is 0 Å². The second-order valence-electron chi connectivity index (χ2n) is 7.36. The number of anilines is 1. The molecule has 154 valence electrons. The summed E-state index contributed by atoms with van der Waals surface area (Å²) in [6.45, 7) is 8.00. The van der Waals surface area contributed by atoms with E-state index in [0.29, 0.717) is 35.9 Å². The molecule has 0 radical (unpaired) electrons. The van der Waals surface area contributed by atoms with E-state index in [0.717, 1.165) is 23.6 Å². The van der Waals surface area contributed by atoms with E-state index in [4.69, 9.17) is 6.57 Å². The maximum absolute atomic E-state index is 11.9. The molecule has 0 aliphatic carbocycles. The minimum atomic E-state index is -3.24. The molecular formula is C21H21N5O3S. The van der Waals surface area contributed by atoms with Gasteiger partial charge in [-0.25, -0.2) is 17.6 Å². The van der Waals surface area contributed by atoms with Gasteiger partial charge in [0.2, 0.25) is 10.0 Å². The van der Waals surface area contributed by atoms with Crippen LogP contribution in [0.15, 0.2) is 42.5 Å². The molecule has 1 aliphatic rings. The van der Waals surface area contributed by atoms with Crippen LogP contribution in [0, 0.1) is 6.57 Å². The van der Waals surface area contributed by atoms with Crippen LogP contribution in [0.25, 0.3) is 26.9 Å². The number of rotatable bonds is 4. The molecule has 4 rings (SSSR count). The Morgan fingerprint density at radius 3 is 2.67 bits per heavy atom. The first-order valence-corrected chi connectivity index (χ1v) is 11.4. The maximum Gasteiger partial charge on any atom is 0.211 e. The molecule has 0 saturated carbocycles. The molecule has 3 aromatic rings. The predicted octanol–water partition coefficient (Wildman–Crippen LogP) is 3.39. The fourth-order valence-corrected chi connectivity index (χ4v) is 4.67. The summed E-state index contributed by atoms with van der Waals surface area (Å²) in [7, 11) is -3.24. The van der Waals surface area contributed by atoms with E-state index >= 15 is 0 Å². The zero-order valence-electron chi connectivity index (χ0n) is 16.4. The predicted molar refractivity (Wildman–Crippen MR) is 116 cm³/mol. The molecule has 1 aromatic heterocycles. The summed E-state index contributed by atoms with van der Waals surface area (Å²) in [6.07, 6.45) is 2.84. The van der Waals surface area contributed by atoms with Gasteiger partial charge in [0.15, 0.2) is 11.5 Å². The van der Waals surface area contributed by atoms with Gasteiger partial charge in [-0.2, -0.15) is 0 Å². The summed E-state index contributed by atoms with van der Waals surface area (Å²) in [5, 5.41) is 24.1. The van der Waals surface area contributed by atoms with Gasteiger partial charge in [-0.05, 0) is 18.9 Å². The SMILES string of the molecule is [C-]#[N+]c1ccc(-c2nnc(N[C@@H]3CCCN(S(C)(=O)=O)C3)c3ccccc23)c(O)c1. The van der Waals surface area contributed by atoms with Crippen LogP contribution in [0.4, 0.5) is 11.5 Å². The molecule has 1 aliphatic heterocycles. The zero-order chi connectivity index (χ0) is 21.3. The number of phenolic OH excluding ortho intramolecular Hbond substituents is 1. The average molecular weight is 423 g/mol. The summed E-state index contributed by atoms with van der Waals surface area (Å²) in [5.41, 5.74) is 1.37. The van der Waals surface area contributed by atoms with E-state index < -0.39 is 10.0 Å². The molecule has 2 N–H and O–H groups in total. The average Bonchev–Trinajstić information content (AvgIpc) is 2.74. The Hall–Kier alpha value is -3.22. The number of hydrogen-bond donors (Lipinski definition) is 2. The van der Waals surface area contributed by atoms with Gasteiger partial charge in [-0.3, -0.25) is 0 Å². The highest BCUT2D eigenvalue weighted by atomic mass is 32.2. The van der Waals surface area contributed by atoms with E-state index in [1.54, 1.807) is 12.1 Å². The number of piperidine rings is 1. The van der Waals surface area contributed by atoms with E-state index in [9.17, 15) is 13.5 Å². The molecule has 8 nitrogen and oxygen atoms in total. The van der Waals surface area contributed by atoms with Gasteiger partial charge >= 0.3 is 0 Å². The van der Waals surface area contributed by atoms with Crippen molar-refractivity contribution in [3.8, 4) is 17.0 Å². The normalized spacial score (nSPS) is 17.5. The zero-order valence-corrected chi connectivity index (χ0v) is 17.2. The topological polar surface area (TPSA) is 99.8 Å². The highest BCUT2D eigenvalue weighted by Gasteiger charge is 2.26. The van der Waals surface area contributed by atoms with Gasteiger partial charge in [0.25, 0.3) is 0 Å². The van der Waals surface area contributed by atoms with Crippen LogP contribution in [0.3, 0.4) is 0 Å². The molecule has 1 atom stereocenters. The lowest BCUT2D eigenvalue weighted by molar-refractivity contribution is 0.329. The molecule has 0 spiro atoms. The Kier molecular flexibility index (Phi) is 5.28. The number of benzene rings is 2. The third-order valence-electron chi connectivity index (χ3n) is 5.25. The van der Waals surface area contributed by atoms with Crippen molar-refractivity contribution in [3.05, 3.63) is 53.9 Å². The Balaban J connectivity index is 1.71. The van der Waals surface area contributed by atoms with Crippen LogP contribution >= 0.6 is 0 Å². The number of sulfonamides is 1. The first-order chi connectivity index (χ1) is 14.4. The number of nitrogens with zero attached hydrogens (tertiary/aromatic N) is 4. The molecule has 2 aromatic carbocycles. The molecule has 1 fully saturated rings. The Morgan fingerprint density at radius 1 is 1.20 bits per heavy atom. The standard InChI is InChI=1S/C21H21N5O3S/c1-22-14-9-10-18(19(27)12-14)20-16-7-3-4-8-17(16)21(25-24-20)23-15-6-5-11-26(13-15)30(2,28)29/h3-4,7-10,12,15,27H,5-6,11,13H2,2H3,(H,23,25)/t15-/m1/s1. The van der Waals surface area contributed by atoms with E-state index in [1.807, 2.05) is 24.3 Å². The van der Waals surface area contributed by atoms with Gasteiger partial charge in [-0.1, -0.05) is 36.4 Å². The van der Waals surface area contributed by atoms with Gasteiger partial charge in [0, 0.05) is 35.5 Å². The minimum Gasteiger partial charge on any atom is -0.509 e. The number of aromatic nitrogens is 2. The smallest absolute Gasteiger partial charge is 0.211 e. The number of aromatic hydroxyl groups is 1. The minimum absolute atomic E-state index is 0.0280. The summed E-state index contributed by atoms with van der Waals surface area (Å²) in [6, 6.07) is 12.2. The summed E-state index contributed by atoms with van der Waals surface area (Å²) in [5.74, 6) is 0.548. The number of phenols is 1. The van der Waals surface area contributed by atoms with Gasteiger partial charge in [0.05, 0.1) is 12.8 Å². The first kappa shape index (κ1) is 20.1. The monoisotopic (exact) mass is 423 g/mol. The molecular weight excluding hydrogens is 402 g/mol. The molecule has 0 amide bonds. The van der Waals surface area contributed by atoms with Gasteiger partial charge in [-0.15, -0.1) is 10.2 Å². The van der Waals surface area contributed by atoms with Crippen molar-refractivity contribution in [2.75, 3.05) is 24.7 Å². The van der Waals surface area contributed by atoms with E-state index in [-0.39, 0.29) is 11.8 Å². The Morgan fingerprint density at radius 2 is 1.97 bits per heavy atom. The lowest BCUT2D eigenvalue weighted by Crippen LogP contribution is -2.44. The molecule has 30 heavy (non-hydrogen) atoms. The molecule has 2 heterocycles. The third-order valence-corrected chi connectivity index (χ3v) is 6.52. The molecule has 1 saturated heterocycles. The van der Waals surface area contributed by atoms with Crippen molar-refractivity contribution in [2.45, 2.75) is 18.9 Å². The van der Waals surface area contributed by atoms with Crippen molar-refractivity contribution < 1.29 is 13.5 Å². The highest BCUT2D eigenvalue weighted by molar-refractivity contribution is 7.88. The molecule has 9 heteroatoms. The van der Waals surface area contributed by atoms with Crippen LogP contribution in [0.5, 0.6) is 5.75 Å². The second-order valence-corrected chi connectivity index (χ2v) is 9.34. The third kappa shape index (κ3) is 3.92. The fourth-order valence-electron chi connectivity index (χ4n) is 3.75. The number of nitrogens with one attached hydrogen (secondary N) is 1. The fraction of sp³-hybridized carbons (Fsp3) is 0.286. The Bertz CT molecular complexity index is 1250. The largest absolute Gasteiger partial charge is 0.509 e. The van der Waals surface area contributed by atoms with Crippen molar-refractivity contribution in [1.29, 1.82) is 0 Å². The second kappa shape index (κ2) is 7.89. The van der Waals surface area contributed by atoms with Crippen molar-refractivity contribution in [2.24, 2.45) is 0 Å². The summed E-state index contributed by atoms with van der Waals surface area (Å²) in [4.78, 5) is 3.33. The number of fused-ring (bicyclic) bond motifs is 1. The van der Waals surface area contributed by atoms with Crippen LogP contribution in [-0.4, -0.2) is 53.4 Å². The maximum atomic E-state index is 11.9. The van der Waals surface area contributed by atoms with Crippen LogP contribution in [0.1, 0.15) is 12.8 Å². The number of hydrogen-bond acceptors (Lipinski definition) is 6. The van der Waals surface area contributed by atoms with E-state index in [1.165, 1.54) is 16.6 Å². The van der Waals surface area contributed by atoms with Crippen LogP contribution < -0.4 is 5.32 Å². The van der Waals surface area contributed by atoms with Gasteiger partial charge in [0.1, 0.15) is 11.4 Å². The summed E-state index contributed by atoms with van der Waals surface area (Å²) >= 11 is 0. The lowest BCUT2D eigenvalue weighted by Gasteiger charge is -2.31. The van der Waals surface area contributed by atoms with Crippen molar-refractivity contribution in [1.82, 2.24) is 14.5 Å². The summed E-state index contributed by atoms with van der Waals surface area (Å²) < 4.78 is 25.3. The first-order valence-electron chi connectivity index (χ1n) is 9.55. The molecule has 0 bridgehead atoms. The van der Waals surface area contributed by atoms with Crippen molar-refractivity contribution >= 4 is 32.3 Å². The molecule has 0 unspecified atom stereocenters. The highest BCUT2D eigenvalue weighted by Crippen LogP contribution is 2.36. The quantitative estimate of drug-likeness (QED) is 0.624. The lowest BCUT2D eigenvalue weighted by atomic mass is 10.0. The van der Waals surface area contributed by atoms with Gasteiger partial charge < -0.3 is 10.4 Å².